The quantitative estimate of drug-likeness (QED) is 0.914. The summed E-state index contributed by atoms with van der Waals surface area (Å²) in [7, 11) is 0. The standard InChI is InChI=1S/C13H18N4S/c1-11-7-14-2-4-16(11)8-13-6-12(9-18-13)17-5-3-15-10-17/h3,5-6,9-11,14H,2,4,7-8H2,1H3. The molecule has 1 aliphatic heterocycles. The van der Waals surface area contributed by atoms with E-state index in [9.17, 15) is 0 Å². The largest absolute Gasteiger partial charge is 0.314 e. The molecule has 96 valence electrons. The van der Waals surface area contributed by atoms with Gasteiger partial charge in [-0.1, -0.05) is 0 Å². The number of nitrogens with zero attached hydrogens (tertiary/aromatic N) is 3. The number of rotatable bonds is 3. The zero-order chi connectivity index (χ0) is 12.4. The van der Waals surface area contributed by atoms with Crippen LogP contribution >= 0.6 is 11.3 Å². The van der Waals surface area contributed by atoms with E-state index in [1.165, 1.54) is 10.6 Å². The Labute approximate surface area is 111 Å². The summed E-state index contributed by atoms with van der Waals surface area (Å²) < 4.78 is 2.06. The van der Waals surface area contributed by atoms with Crippen LogP contribution in [0.2, 0.25) is 0 Å². The van der Waals surface area contributed by atoms with E-state index in [0.29, 0.717) is 6.04 Å². The van der Waals surface area contributed by atoms with Crippen LogP contribution in [0.4, 0.5) is 0 Å². The lowest BCUT2D eigenvalue weighted by atomic mass is 10.2. The van der Waals surface area contributed by atoms with Gasteiger partial charge in [-0.15, -0.1) is 11.3 Å². The first kappa shape index (κ1) is 11.9. The van der Waals surface area contributed by atoms with E-state index in [-0.39, 0.29) is 0 Å². The second kappa shape index (κ2) is 5.22. The highest BCUT2D eigenvalue weighted by Crippen LogP contribution is 2.21. The van der Waals surface area contributed by atoms with Crippen LogP contribution in [0.15, 0.2) is 30.2 Å². The van der Waals surface area contributed by atoms with E-state index in [2.05, 4.69) is 38.1 Å². The highest BCUT2D eigenvalue weighted by Gasteiger charge is 2.18. The van der Waals surface area contributed by atoms with Crippen molar-refractivity contribution < 1.29 is 0 Å². The van der Waals surface area contributed by atoms with Crippen molar-refractivity contribution in [3.8, 4) is 5.69 Å². The number of thiophene rings is 1. The van der Waals surface area contributed by atoms with Gasteiger partial charge in [0, 0.05) is 54.9 Å². The molecule has 2 aromatic heterocycles. The molecule has 0 saturated carbocycles. The Hall–Kier alpha value is -1.17. The number of imidazole rings is 1. The Morgan fingerprint density at radius 3 is 3.28 bits per heavy atom. The summed E-state index contributed by atoms with van der Waals surface area (Å²) in [6, 6.07) is 2.89. The summed E-state index contributed by atoms with van der Waals surface area (Å²) in [4.78, 5) is 8.05. The Balaban J connectivity index is 1.70. The predicted molar refractivity (Wildman–Crippen MR) is 74.2 cm³/mol. The van der Waals surface area contributed by atoms with Gasteiger partial charge in [0.15, 0.2) is 0 Å². The molecule has 0 amide bonds. The van der Waals surface area contributed by atoms with Crippen LogP contribution in [0.1, 0.15) is 11.8 Å². The van der Waals surface area contributed by atoms with E-state index >= 15 is 0 Å². The molecule has 0 spiro atoms. The van der Waals surface area contributed by atoms with Crippen LogP contribution in [-0.4, -0.2) is 40.1 Å². The lowest BCUT2D eigenvalue weighted by molar-refractivity contribution is 0.167. The number of aromatic nitrogens is 2. The van der Waals surface area contributed by atoms with Gasteiger partial charge in [-0.25, -0.2) is 4.98 Å². The first-order chi connectivity index (χ1) is 8.83. The van der Waals surface area contributed by atoms with Gasteiger partial charge in [0.25, 0.3) is 0 Å². The molecule has 1 saturated heterocycles. The summed E-state index contributed by atoms with van der Waals surface area (Å²) in [5.41, 5.74) is 1.22. The highest BCUT2D eigenvalue weighted by molar-refractivity contribution is 7.10. The lowest BCUT2D eigenvalue weighted by Crippen LogP contribution is -2.49. The highest BCUT2D eigenvalue weighted by atomic mass is 32.1. The van der Waals surface area contributed by atoms with Crippen molar-refractivity contribution in [1.82, 2.24) is 19.8 Å². The molecule has 1 unspecified atom stereocenters. The second-order valence-electron chi connectivity index (χ2n) is 4.76. The maximum Gasteiger partial charge on any atom is 0.0991 e. The maximum absolute atomic E-state index is 4.08. The minimum Gasteiger partial charge on any atom is -0.314 e. The monoisotopic (exact) mass is 262 g/mol. The van der Waals surface area contributed by atoms with Crippen molar-refractivity contribution in [2.45, 2.75) is 19.5 Å². The summed E-state index contributed by atoms with van der Waals surface area (Å²) in [5.74, 6) is 0. The number of hydrogen-bond acceptors (Lipinski definition) is 4. The molecule has 5 heteroatoms. The Bertz CT molecular complexity index is 491. The Morgan fingerprint density at radius 1 is 1.56 bits per heavy atom. The Morgan fingerprint density at radius 2 is 2.50 bits per heavy atom. The zero-order valence-electron chi connectivity index (χ0n) is 10.5. The van der Waals surface area contributed by atoms with Crippen molar-refractivity contribution in [2.75, 3.05) is 19.6 Å². The molecule has 1 N–H and O–H groups in total. The summed E-state index contributed by atoms with van der Waals surface area (Å²) in [6.45, 7) is 6.68. The number of piperazine rings is 1. The van der Waals surface area contributed by atoms with E-state index in [1.54, 1.807) is 0 Å². The molecule has 0 aliphatic carbocycles. The van der Waals surface area contributed by atoms with Crippen LogP contribution in [0.3, 0.4) is 0 Å². The van der Waals surface area contributed by atoms with Gasteiger partial charge in [0.1, 0.15) is 0 Å². The molecule has 0 aromatic carbocycles. The smallest absolute Gasteiger partial charge is 0.0991 e. The molecule has 3 rings (SSSR count). The molecule has 1 atom stereocenters. The second-order valence-corrected chi connectivity index (χ2v) is 5.76. The van der Waals surface area contributed by atoms with Crippen molar-refractivity contribution >= 4 is 11.3 Å². The molecular weight excluding hydrogens is 244 g/mol. The first-order valence-corrected chi connectivity index (χ1v) is 7.21. The summed E-state index contributed by atoms with van der Waals surface area (Å²) in [6.07, 6.45) is 5.65. The third kappa shape index (κ3) is 2.48. The van der Waals surface area contributed by atoms with E-state index in [4.69, 9.17) is 0 Å². The van der Waals surface area contributed by atoms with E-state index in [0.717, 1.165) is 26.2 Å². The van der Waals surface area contributed by atoms with Gasteiger partial charge >= 0.3 is 0 Å². The third-order valence-corrected chi connectivity index (χ3v) is 4.35. The van der Waals surface area contributed by atoms with Gasteiger partial charge in [0.05, 0.1) is 12.0 Å². The fraction of sp³-hybridized carbons (Fsp3) is 0.462. The van der Waals surface area contributed by atoms with Crippen LogP contribution in [0, 0.1) is 0 Å². The van der Waals surface area contributed by atoms with E-state index < -0.39 is 0 Å². The van der Waals surface area contributed by atoms with Crippen molar-refractivity contribution in [2.24, 2.45) is 0 Å². The summed E-state index contributed by atoms with van der Waals surface area (Å²) in [5, 5.41) is 5.63. The van der Waals surface area contributed by atoms with E-state index in [1.807, 2.05) is 30.1 Å². The predicted octanol–water partition coefficient (Wildman–Crippen LogP) is 1.73. The topological polar surface area (TPSA) is 33.1 Å². The van der Waals surface area contributed by atoms with Gasteiger partial charge < -0.3 is 9.88 Å². The number of nitrogens with one attached hydrogen (secondary N) is 1. The van der Waals surface area contributed by atoms with Crippen LogP contribution < -0.4 is 5.32 Å². The average Bonchev–Trinajstić information content (AvgIpc) is 3.02. The molecule has 2 aromatic rings. The molecule has 3 heterocycles. The third-order valence-electron chi connectivity index (χ3n) is 3.44. The van der Waals surface area contributed by atoms with Crippen molar-refractivity contribution in [1.29, 1.82) is 0 Å². The van der Waals surface area contributed by atoms with Crippen molar-refractivity contribution in [3.05, 3.63) is 35.0 Å². The minimum atomic E-state index is 0.623. The average molecular weight is 262 g/mol. The maximum atomic E-state index is 4.08. The van der Waals surface area contributed by atoms with Gasteiger partial charge in [-0.3, -0.25) is 4.90 Å². The summed E-state index contributed by atoms with van der Waals surface area (Å²) >= 11 is 1.83. The van der Waals surface area contributed by atoms with Gasteiger partial charge in [0.2, 0.25) is 0 Å². The van der Waals surface area contributed by atoms with Gasteiger partial charge in [-0.05, 0) is 13.0 Å². The van der Waals surface area contributed by atoms with Crippen LogP contribution in [0.25, 0.3) is 5.69 Å². The van der Waals surface area contributed by atoms with Crippen LogP contribution in [-0.2, 0) is 6.54 Å². The first-order valence-electron chi connectivity index (χ1n) is 6.33. The van der Waals surface area contributed by atoms with Crippen molar-refractivity contribution in [3.63, 3.8) is 0 Å². The molecule has 1 aliphatic rings. The normalized spacial score (nSPS) is 21.3. The SMILES string of the molecule is CC1CNCCN1Cc1cc(-n2ccnc2)cs1. The fourth-order valence-corrected chi connectivity index (χ4v) is 3.21. The fourth-order valence-electron chi connectivity index (χ4n) is 2.32. The molecule has 18 heavy (non-hydrogen) atoms. The molecule has 0 radical (unpaired) electrons. The molecular formula is C13H18N4S. The van der Waals surface area contributed by atoms with Gasteiger partial charge in [-0.2, -0.15) is 0 Å². The lowest BCUT2D eigenvalue weighted by Gasteiger charge is -2.33. The Kier molecular flexibility index (Phi) is 3.45. The molecule has 1 fully saturated rings. The number of hydrogen-bond donors (Lipinski definition) is 1. The minimum absolute atomic E-state index is 0.623. The molecule has 0 bridgehead atoms. The molecule has 4 nitrogen and oxygen atoms in total. The zero-order valence-corrected chi connectivity index (χ0v) is 11.4. The van der Waals surface area contributed by atoms with Crippen LogP contribution in [0.5, 0.6) is 0 Å².